The van der Waals surface area contributed by atoms with Crippen molar-refractivity contribution in [3.05, 3.63) is 65.3 Å². The van der Waals surface area contributed by atoms with Crippen LogP contribution in [0.3, 0.4) is 0 Å². The number of aromatic nitrogens is 3. The molecule has 2 N–H and O–H groups in total. The third-order valence-electron chi connectivity index (χ3n) is 7.50. The van der Waals surface area contributed by atoms with Crippen molar-refractivity contribution >= 4 is 28.5 Å². The second-order valence-corrected chi connectivity index (χ2v) is 10.2. The number of carboxylic acid groups (broad SMARTS) is 1. The van der Waals surface area contributed by atoms with E-state index in [1.807, 2.05) is 48.7 Å². The Morgan fingerprint density at radius 2 is 1.81 bits per heavy atom. The Kier molecular flexibility index (Phi) is 7.44. The normalized spacial score (nSPS) is 17.8. The molecule has 0 bridgehead atoms. The first-order valence-electron chi connectivity index (χ1n) is 12.6. The van der Waals surface area contributed by atoms with E-state index in [2.05, 4.69) is 28.2 Å². The molecule has 2 heterocycles. The molecule has 0 radical (unpaired) electrons. The summed E-state index contributed by atoms with van der Waals surface area (Å²) in [5.41, 5.74) is 5.51. The lowest BCUT2D eigenvalue weighted by molar-refractivity contribution is -0.138. The first-order valence-corrected chi connectivity index (χ1v) is 13.0. The van der Waals surface area contributed by atoms with Crippen LogP contribution in [0.15, 0.2) is 54.7 Å². The fourth-order valence-corrected chi connectivity index (χ4v) is 5.82. The van der Waals surface area contributed by atoms with E-state index in [9.17, 15) is 4.79 Å². The molecule has 1 saturated carbocycles. The minimum Gasteiger partial charge on any atom is -0.481 e. The summed E-state index contributed by atoms with van der Waals surface area (Å²) in [5, 5.41) is 17.9. The molecule has 8 heteroatoms. The Balaban J connectivity index is 1.36. The number of carbonyl (C=O) groups is 1. The second-order valence-electron chi connectivity index (χ2n) is 9.86. The van der Waals surface area contributed by atoms with Gasteiger partial charge in [0.25, 0.3) is 0 Å². The summed E-state index contributed by atoms with van der Waals surface area (Å²) in [6, 6.07) is 16.5. The van der Waals surface area contributed by atoms with Crippen LogP contribution < -0.4 is 4.74 Å². The minimum atomic E-state index is -0.697. The van der Waals surface area contributed by atoms with Crippen LogP contribution in [0.25, 0.3) is 33.3 Å². The molecule has 0 saturated heterocycles. The topological polar surface area (TPSA) is 91.3 Å². The molecular weight excluding hydrogens is 488 g/mol. The van der Waals surface area contributed by atoms with Crippen molar-refractivity contribution in [3.8, 4) is 28.3 Å². The maximum absolute atomic E-state index is 11.0. The maximum atomic E-state index is 11.0. The Bertz CT molecular complexity index is 1410. The molecule has 5 rings (SSSR count). The summed E-state index contributed by atoms with van der Waals surface area (Å²) in [6.07, 6.45) is 6.02. The molecule has 0 atom stereocenters. The van der Waals surface area contributed by atoms with Gasteiger partial charge >= 0.3 is 5.97 Å². The molecule has 2 aromatic carbocycles. The lowest BCUT2D eigenvalue weighted by Crippen LogP contribution is -2.35. The molecule has 192 valence electrons. The number of ether oxygens (including phenoxy) is 1. The zero-order valence-corrected chi connectivity index (χ0v) is 21.8. The molecule has 1 fully saturated rings. The molecule has 1 aliphatic carbocycles. The highest BCUT2D eigenvalue weighted by molar-refractivity contribution is 6.36. The number of hydrogen-bond acceptors (Lipinski definition) is 5. The SMILES string of the molecule is COc1nc(-c2cccc(-c3cccc4[nH]ncc34)c2Cl)ccc1CN(C)C1CCC(CC(=O)O)CC1. The van der Waals surface area contributed by atoms with Gasteiger partial charge in [-0.25, -0.2) is 4.98 Å². The van der Waals surface area contributed by atoms with Crippen molar-refractivity contribution < 1.29 is 14.6 Å². The van der Waals surface area contributed by atoms with Crippen molar-refractivity contribution in [2.24, 2.45) is 5.92 Å². The van der Waals surface area contributed by atoms with Crippen LogP contribution in [0.4, 0.5) is 0 Å². The first kappa shape index (κ1) is 25.2. The highest BCUT2D eigenvalue weighted by Crippen LogP contribution is 2.39. The summed E-state index contributed by atoms with van der Waals surface area (Å²) in [4.78, 5) is 18.2. The maximum Gasteiger partial charge on any atom is 0.303 e. The number of aromatic amines is 1. The zero-order valence-electron chi connectivity index (χ0n) is 21.1. The number of fused-ring (bicyclic) bond motifs is 1. The zero-order chi connectivity index (χ0) is 25.9. The lowest BCUT2D eigenvalue weighted by Gasteiger charge is -2.34. The van der Waals surface area contributed by atoms with Gasteiger partial charge in [0.2, 0.25) is 5.88 Å². The van der Waals surface area contributed by atoms with E-state index in [0.717, 1.165) is 64.5 Å². The fraction of sp³-hybridized carbons (Fsp3) is 0.345. The highest BCUT2D eigenvalue weighted by Gasteiger charge is 2.26. The average molecular weight is 519 g/mol. The number of nitrogens with zero attached hydrogens (tertiary/aromatic N) is 3. The highest BCUT2D eigenvalue weighted by atomic mass is 35.5. The number of nitrogens with one attached hydrogen (secondary N) is 1. The molecule has 0 amide bonds. The van der Waals surface area contributed by atoms with Crippen molar-refractivity contribution in [3.63, 3.8) is 0 Å². The van der Waals surface area contributed by atoms with Gasteiger partial charge in [-0.2, -0.15) is 5.10 Å². The van der Waals surface area contributed by atoms with E-state index in [4.69, 9.17) is 26.4 Å². The molecule has 4 aromatic rings. The number of carboxylic acids is 1. The average Bonchev–Trinajstić information content (AvgIpc) is 3.38. The van der Waals surface area contributed by atoms with Crippen LogP contribution in [-0.4, -0.2) is 51.4 Å². The van der Waals surface area contributed by atoms with Gasteiger partial charge in [0, 0.05) is 41.1 Å². The van der Waals surface area contributed by atoms with E-state index in [0.29, 0.717) is 29.4 Å². The molecule has 37 heavy (non-hydrogen) atoms. The molecule has 0 unspecified atom stereocenters. The van der Waals surface area contributed by atoms with Gasteiger partial charge in [-0.05, 0) is 56.3 Å². The summed E-state index contributed by atoms with van der Waals surface area (Å²) in [7, 11) is 3.76. The van der Waals surface area contributed by atoms with Crippen molar-refractivity contribution in [1.82, 2.24) is 20.1 Å². The van der Waals surface area contributed by atoms with Crippen LogP contribution in [0.1, 0.15) is 37.7 Å². The summed E-state index contributed by atoms with van der Waals surface area (Å²) in [6.45, 7) is 0.709. The number of benzene rings is 2. The van der Waals surface area contributed by atoms with Crippen LogP contribution in [-0.2, 0) is 11.3 Å². The summed E-state index contributed by atoms with van der Waals surface area (Å²) < 4.78 is 5.70. The molecule has 1 aliphatic rings. The number of methoxy groups -OCH3 is 1. The predicted octanol–water partition coefficient (Wildman–Crippen LogP) is 6.42. The van der Waals surface area contributed by atoms with Gasteiger partial charge in [-0.3, -0.25) is 14.8 Å². The van der Waals surface area contributed by atoms with Crippen molar-refractivity contribution in [1.29, 1.82) is 0 Å². The number of hydrogen-bond donors (Lipinski definition) is 2. The third kappa shape index (κ3) is 5.33. The Morgan fingerprint density at radius 1 is 1.08 bits per heavy atom. The standard InChI is InChI=1S/C29H31ClN4O3/c1-34(20-12-9-18(10-13-20)15-27(35)36)17-19-11-14-25(32-29(19)37-2)23-7-3-6-22(28(23)30)21-5-4-8-26-24(21)16-31-33-26/h3-8,11,14,16,18,20H,9-10,12-13,15,17H2,1-2H3,(H,31,33)(H,35,36). The van der Waals surface area contributed by atoms with E-state index in [-0.39, 0.29) is 6.42 Å². The minimum absolute atomic E-state index is 0.274. The lowest BCUT2D eigenvalue weighted by atomic mass is 9.83. The van der Waals surface area contributed by atoms with Crippen molar-refractivity contribution in [2.45, 2.75) is 44.7 Å². The number of aliphatic carboxylic acids is 1. The van der Waals surface area contributed by atoms with E-state index in [1.165, 1.54) is 0 Å². The van der Waals surface area contributed by atoms with Gasteiger partial charge in [0.15, 0.2) is 0 Å². The number of H-pyrrole nitrogens is 1. The largest absolute Gasteiger partial charge is 0.481 e. The quantitative estimate of drug-likeness (QED) is 0.279. The van der Waals surface area contributed by atoms with Gasteiger partial charge in [0.05, 0.1) is 29.5 Å². The molecule has 2 aromatic heterocycles. The van der Waals surface area contributed by atoms with E-state index in [1.54, 1.807) is 7.11 Å². The fourth-order valence-electron chi connectivity index (χ4n) is 5.49. The van der Waals surface area contributed by atoms with Crippen LogP contribution >= 0.6 is 11.6 Å². The molecule has 0 aliphatic heterocycles. The molecule has 0 spiro atoms. The molecular formula is C29H31ClN4O3. The third-order valence-corrected chi connectivity index (χ3v) is 7.91. The Hall–Kier alpha value is -3.42. The van der Waals surface area contributed by atoms with Crippen molar-refractivity contribution in [2.75, 3.05) is 14.2 Å². The van der Waals surface area contributed by atoms with Crippen LogP contribution in [0.5, 0.6) is 5.88 Å². The Labute approximate surface area is 221 Å². The van der Waals surface area contributed by atoms with E-state index < -0.39 is 5.97 Å². The number of halogens is 1. The predicted molar refractivity (Wildman–Crippen MR) is 146 cm³/mol. The first-order chi connectivity index (χ1) is 17.9. The molecule has 7 nitrogen and oxygen atoms in total. The van der Waals surface area contributed by atoms with Gasteiger partial charge in [-0.1, -0.05) is 48.0 Å². The summed E-state index contributed by atoms with van der Waals surface area (Å²) >= 11 is 6.95. The number of pyridine rings is 1. The second kappa shape index (κ2) is 10.9. The summed E-state index contributed by atoms with van der Waals surface area (Å²) in [5.74, 6) is 0.179. The Morgan fingerprint density at radius 3 is 2.57 bits per heavy atom. The van der Waals surface area contributed by atoms with Gasteiger partial charge < -0.3 is 9.84 Å². The van der Waals surface area contributed by atoms with Crippen LogP contribution in [0, 0.1) is 5.92 Å². The van der Waals surface area contributed by atoms with Crippen LogP contribution in [0.2, 0.25) is 5.02 Å². The van der Waals surface area contributed by atoms with E-state index >= 15 is 0 Å². The monoisotopic (exact) mass is 518 g/mol. The van der Waals surface area contributed by atoms with Gasteiger partial charge in [0.1, 0.15) is 0 Å². The number of rotatable bonds is 8. The van der Waals surface area contributed by atoms with Gasteiger partial charge in [-0.15, -0.1) is 0 Å². The smallest absolute Gasteiger partial charge is 0.303 e.